The van der Waals surface area contributed by atoms with Crippen molar-refractivity contribution < 1.29 is 5.11 Å². The van der Waals surface area contributed by atoms with Crippen molar-refractivity contribution in [2.24, 2.45) is 5.92 Å². The minimum Gasteiger partial charge on any atom is -0.507 e. The number of phenols is 1. The largest absolute Gasteiger partial charge is 0.507 e. The van der Waals surface area contributed by atoms with Gasteiger partial charge in [0, 0.05) is 6.04 Å². The molecule has 0 unspecified atom stereocenters. The van der Waals surface area contributed by atoms with Gasteiger partial charge in [-0.3, -0.25) is 0 Å². The Morgan fingerprint density at radius 1 is 1.27 bits per heavy atom. The SMILES string of the molecule is Cc1cc([C@@H]2C[C@H](C)CN2)cc(C)c1O. The van der Waals surface area contributed by atoms with Crippen LogP contribution < -0.4 is 5.32 Å². The smallest absolute Gasteiger partial charge is 0.121 e. The molecule has 82 valence electrons. The second kappa shape index (κ2) is 3.86. The maximum Gasteiger partial charge on any atom is 0.121 e. The number of benzene rings is 1. The number of nitrogens with one attached hydrogen (secondary N) is 1. The first kappa shape index (κ1) is 10.5. The highest BCUT2D eigenvalue weighted by molar-refractivity contribution is 5.43. The Bertz CT molecular complexity index is 350. The maximum atomic E-state index is 9.71. The Hall–Kier alpha value is -1.02. The van der Waals surface area contributed by atoms with E-state index in [-0.39, 0.29) is 0 Å². The highest BCUT2D eigenvalue weighted by Crippen LogP contribution is 2.31. The molecule has 1 heterocycles. The number of hydrogen-bond donors (Lipinski definition) is 2. The van der Waals surface area contributed by atoms with E-state index in [0.29, 0.717) is 11.8 Å². The van der Waals surface area contributed by atoms with E-state index in [2.05, 4.69) is 24.4 Å². The first-order valence-corrected chi connectivity index (χ1v) is 5.61. The topological polar surface area (TPSA) is 32.3 Å². The van der Waals surface area contributed by atoms with Crippen molar-refractivity contribution in [3.63, 3.8) is 0 Å². The predicted octanol–water partition coefficient (Wildman–Crippen LogP) is 2.68. The van der Waals surface area contributed by atoms with Gasteiger partial charge < -0.3 is 10.4 Å². The lowest BCUT2D eigenvalue weighted by Gasteiger charge is -2.14. The summed E-state index contributed by atoms with van der Waals surface area (Å²) < 4.78 is 0. The highest BCUT2D eigenvalue weighted by atomic mass is 16.3. The van der Waals surface area contributed by atoms with Crippen molar-refractivity contribution in [3.05, 3.63) is 28.8 Å². The molecule has 0 aliphatic carbocycles. The van der Waals surface area contributed by atoms with Gasteiger partial charge in [0.25, 0.3) is 0 Å². The molecule has 0 aromatic heterocycles. The van der Waals surface area contributed by atoms with E-state index in [1.807, 2.05) is 13.8 Å². The first-order valence-electron chi connectivity index (χ1n) is 5.61. The lowest BCUT2D eigenvalue weighted by atomic mass is 9.97. The van der Waals surface area contributed by atoms with Crippen LogP contribution in [0.15, 0.2) is 12.1 Å². The Morgan fingerprint density at radius 2 is 1.87 bits per heavy atom. The summed E-state index contributed by atoms with van der Waals surface area (Å²) in [5.41, 5.74) is 3.27. The molecule has 0 radical (unpaired) electrons. The van der Waals surface area contributed by atoms with Gasteiger partial charge in [0.05, 0.1) is 0 Å². The Kier molecular flexibility index (Phi) is 2.70. The lowest BCUT2D eigenvalue weighted by molar-refractivity contribution is 0.466. The molecule has 0 spiro atoms. The minimum atomic E-state index is 0.435. The number of aryl methyl sites for hydroxylation is 2. The molecule has 1 aromatic carbocycles. The van der Waals surface area contributed by atoms with Gasteiger partial charge in [-0.15, -0.1) is 0 Å². The predicted molar refractivity (Wildman–Crippen MR) is 62.1 cm³/mol. The summed E-state index contributed by atoms with van der Waals surface area (Å²) in [6.45, 7) is 7.30. The fourth-order valence-corrected chi connectivity index (χ4v) is 2.36. The van der Waals surface area contributed by atoms with Gasteiger partial charge in [0.2, 0.25) is 0 Å². The van der Waals surface area contributed by atoms with Crippen LogP contribution in [0.1, 0.15) is 36.1 Å². The van der Waals surface area contributed by atoms with Crippen LogP contribution in [0.2, 0.25) is 0 Å². The van der Waals surface area contributed by atoms with Gasteiger partial charge in [0.1, 0.15) is 5.75 Å². The van der Waals surface area contributed by atoms with E-state index in [0.717, 1.165) is 23.6 Å². The molecule has 0 saturated carbocycles. The van der Waals surface area contributed by atoms with E-state index in [9.17, 15) is 5.11 Å². The van der Waals surface area contributed by atoms with Crippen molar-refractivity contribution in [1.82, 2.24) is 5.32 Å². The number of rotatable bonds is 1. The first-order chi connectivity index (χ1) is 7.08. The molecule has 1 fully saturated rings. The molecular weight excluding hydrogens is 186 g/mol. The molecule has 1 aliphatic heterocycles. The van der Waals surface area contributed by atoms with Gasteiger partial charge >= 0.3 is 0 Å². The maximum absolute atomic E-state index is 9.71. The zero-order valence-corrected chi connectivity index (χ0v) is 9.67. The van der Waals surface area contributed by atoms with Crippen LogP contribution >= 0.6 is 0 Å². The quantitative estimate of drug-likeness (QED) is 0.738. The van der Waals surface area contributed by atoms with E-state index < -0.39 is 0 Å². The number of phenolic OH excluding ortho intramolecular Hbond substituents is 1. The van der Waals surface area contributed by atoms with Crippen LogP contribution in [0.3, 0.4) is 0 Å². The Labute approximate surface area is 91.3 Å². The van der Waals surface area contributed by atoms with Gasteiger partial charge in [-0.2, -0.15) is 0 Å². The van der Waals surface area contributed by atoms with Gasteiger partial charge in [0.15, 0.2) is 0 Å². The zero-order chi connectivity index (χ0) is 11.0. The van der Waals surface area contributed by atoms with Crippen LogP contribution in [-0.4, -0.2) is 11.7 Å². The normalized spacial score (nSPS) is 25.8. The molecule has 1 saturated heterocycles. The molecule has 0 amide bonds. The van der Waals surface area contributed by atoms with Crippen LogP contribution in [0.25, 0.3) is 0 Å². The Balaban J connectivity index is 2.29. The summed E-state index contributed by atoms with van der Waals surface area (Å²) in [5, 5.41) is 13.2. The van der Waals surface area contributed by atoms with Crippen molar-refractivity contribution in [2.75, 3.05) is 6.54 Å². The third kappa shape index (κ3) is 2.00. The molecule has 2 rings (SSSR count). The van der Waals surface area contributed by atoms with Crippen LogP contribution in [0.4, 0.5) is 0 Å². The van der Waals surface area contributed by atoms with Crippen molar-refractivity contribution in [2.45, 2.75) is 33.2 Å². The van der Waals surface area contributed by atoms with E-state index in [1.54, 1.807) is 0 Å². The molecule has 2 atom stereocenters. The molecule has 15 heavy (non-hydrogen) atoms. The summed E-state index contributed by atoms with van der Waals surface area (Å²) in [7, 11) is 0. The van der Waals surface area contributed by atoms with Gasteiger partial charge in [-0.25, -0.2) is 0 Å². The van der Waals surface area contributed by atoms with Gasteiger partial charge in [-0.05, 0) is 49.4 Å². The van der Waals surface area contributed by atoms with Crippen LogP contribution in [0, 0.1) is 19.8 Å². The molecule has 2 N–H and O–H groups in total. The summed E-state index contributed by atoms with van der Waals surface area (Å²) in [5.74, 6) is 1.19. The zero-order valence-electron chi connectivity index (χ0n) is 9.67. The van der Waals surface area contributed by atoms with Crippen molar-refractivity contribution >= 4 is 0 Å². The van der Waals surface area contributed by atoms with Crippen molar-refractivity contribution in [3.8, 4) is 5.75 Å². The average Bonchev–Trinajstić information content (AvgIpc) is 2.60. The molecule has 1 aromatic rings. The number of hydrogen-bond acceptors (Lipinski definition) is 2. The highest BCUT2D eigenvalue weighted by Gasteiger charge is 2.22. The van der Waals surface area contributed by atoms with E-state index in [1.165, 1.54) is 12.0 Å². The van der Waals surface area contributed by atoms with Crippen LogP contribution in [-0.2, 0) is 0 Å². The summed E-state index contributed by atoms with van der Waals surface area (Å²) >= 11 is 0. The standard InChI is InChI=1S/C13H19NO/c1-8-4-12(14-7-8)11-5-9(2)13(15)10(3)6-11/h5-6,8,12,14-15H,4,7H2,1-3H3/t8-,12-/m0/s1. The van der Waals surface area contributed by atoms with Crippen LogP contribution in [0.5, 0.6) is 5.75 Å². The number of aromatic hydroxyl groups is 1. The summed E-state index contributed by atoms with van der Waals surface area (Å²) in [6.07, 6.45) is 1.20. The fraction of sp³-hybridized carbons (Fsp3) is 0.538. The minimum absolute atomic E-state index is 0.435. The molecular formula is C13H19NO. The third-order valence-electron chi connectivity index (χ3n) is 3.27. The Morgan fingerprint density at radius 3 is 2.33 bits per heavy atom. The summed E-state index contributed by atoms with van der Waals surface area (Å²) in [4.78, 5) is 0. The monoisotopic (exact) mass is 205 g/mol. The van der Waals surface area contributed by atoms with Crippen molar-refractivity contribution in [1.29, 1.82) is 0 Å². The lowest BCUT2D eigenvalue weighted by Crippen LogP contribution is -2.13. The average molecular weight is 205 g/mol. The second-order valence-corrected chi connectivity index (χ2v) is 4.81. The summed E-state index contributed by atoms with van der Waals surface area (Å²) in [6, 6.07) is 4.66. The van der Waals surface area contributed by atoms with E-state index in [4.69, 9.17) is 0 Å². The molecule has 1 aliphatic rings. The molecule has 2 nitrogen and oxygen atoms in total. The van der Waals surface area contributed by atoms with Gasteiger partial charge in [-0.1, -0.05) is 19.1 Å². The molecule has 0 bridgehead atoms. The molecule has 2 heteroatoms. The fourth-order valence-electron chi connectivity index (χ4n) is 2.36. The second-order valence-electron chi connectivity index (χ2n) is 4.81. The third-order valence-corrected chi connectivity index (χ3v) is 3.27. The van der Waals surface area contributed by atoms with E-state index >= 15 is 0 Å².